The molecule has 6 nitrogen and oxygen atoms in total. The summed E-state index contributed by atoms with van der Waals surface area (Å²) in [7, 11) is 0. The number of benzene rings is 2. The molecule has 0 spiro atoms. The molecule has 0 saturated carbocycles. The molecule has 3 aliphatic rings. The average molecular weight is 413 g/mol. The van der Waals surface area contributed by atoms with Gasteiger partial charge < -0.3 is 14.8 Å². The smallest absolute Gasteiger partial charge is 0.278 e. The number of phenolic OH excluding ortho intramolecular Hbond substituents is 1. The summed E-state index contributed by atoms with van der Waals surface area (Å²) in [6.45, 7) is 2.08. The Balaban J connectivity index is 1.62. The molecule has 0 fully saturated rings. The minimum Gasteiger partial charge on any atom is -0.508 e. The van der Waals surface area contributed by atoms with Crippen LogP contribution in [0.2, 0.25) is 0 Å². The van der Waals surface area contributed by atoms with Crippen LogP contribution in [0.4, 0.5) is 0 Å². The fourth-order valence-corrected chi connectivity index (χ4v) is 3.96. The lowest BCUT2D eigenvalue weighted by molar-refractivity contribution is 0.139. The first-order valence-electron chi connectivity index (χ1n) is 10.4. The third-order valence-corrected chi connectivity index (χ3v) is 5.77. The highest BCUT2D eigenvalue weighted by Gasteiger charge is 2.26. The number of H-pyrrole nitrogens is 1. The van der Waals surface area contributed by atoms with E-state index in [1.165, 1.54) is 0 Å². The molecule has 0 aromatic heterocycles. The van der Waals surface area contributed by atoms with Gasteiger partial charge >= 0.3 is 0 Å². The van der Waals surface area contributed by atoms with Gasteiger partial charge in [0.05, 0.1) is 17.6 Å². The number of phenols is 1. The van der Waals surface area contributed by atoms with E-state index in [2.05, 4.69) is 24.0 Å². The van der Waals surface area contributed by atoms with Gasteiger partial charge in [0.25, 0.3) is 5.56 Å². The summed E-state index contributed by atoms with van der Waals surface area (Å²) in [6, 6.07) is 17.0. The Labute approximate surface area is 179 Å². The lowest BCUT2D eigenvalue weighted by atomic mass is 10.0. The highest BCUT2D eigenvalue weighted by Crippen LogP contribution is 2.26. The van der Waals surface area contributed by atoms with Gasteiger partial charge in [-0.2, -0.15) is 0 Å². The molecule has 156 valence electrons. The van der Waals surface area contributed by atoms with Crippen molar-refractivity contribution in [2.75, 3.05) is 0 Å². The molecule has 2 atom stereocenters. The molecule has 0 aliphatic carbocycles. The van der Waals surface area contributed by atoms with Crippen molar-refractivity contribution in [2.45, 2.75) is 25.9 Å². The number of hydrogen-bond acceptors (Lipinski definition) is 4. The molecule has 3 heterocycles. The maximum atomic E-state index is 13.2. The van der Waals surface area contributed by atoms with Crippen LogP contribution >= 0.6 is 0 Å². The largest absolute Gasteiger partial charge is 0.508 e. The molecule has 2 aromatic carbocycles. The van der Waals surface area contributed by atoms with Crippen LogP contribution in [-0.2, 0) is 17.6 Å². The van der Waals surface area contributed by atoms with Crippen molar-refractivity contribution in [3.63, 3.8) is 0 Å². The fourth-order valence-electron chi connectivity index (χ4n) is 3.96. The number of aromatic nitrogens is 3. The minimum atomic E-state index is -0.124. The van der Waals surface area contributed by atoms with Gasteiger partial charge in [-0.25, -0.2) is 4.98 Å². The number of rotatable bonds is 5. The van der Waals surface area contributed by atoms with Gasteiger partial charge in [-0.05, 0) is 41.5 Å². The zero-order valence-corrected chi connectivity index (χ0v) is 17.2. The molecular weight excluding hydrogens is 390 g/mol. The Hall–Kier alpha value is -3.80. The number of ether oxygens (including phenoxy) is 1. The summed E-state index contributed by atoms with van der Waals surface area (Å²) in [4.78, 5) is 21.4. The fraction of sp³-hybridized carbons (Fsp3) is 0.200. The first-order valence-corrected chi connectivity index (χ1v) is 10.4. The topological polar surface area (TPSA) is 80.1 Å². The van der Waals surface area contributed by atoms with Gasteiger partial charge in [-0.15, -0.1) is 0 Å². The van der Waals surface area contributed by atoms with E-state index in [4.69, 9.17) is 9.72 Å². The molecule has 0 saturated heterocycles. The van der Waals surface area contributed by atoms with E-state index in [1.54, 1.807) is 29.2 Å². The van der Waals surface area contributed by atoms with Crippen LogP contribution in [-0.4, -0.2) is 25.7 Å². The van der Waals surface area contributed by atoms with Crippen LogP contribution in [0.25, 0.3) is 17.1 Å². The number of aromatic amines is 1. The van der Waals surface area contributed by atoms with Crippen LogP contribution in [0.3, 0.4) is 0 Å². The summed E-state index contributed by atoms with van der Waals surface area (Å²) in [6.07, 6.45) is 6.50. The third-order valence-electron chi connectivity index (χ3n) is 5.77. The molecule has 31 heavy (non-hydrogen) atoms. The normalized spacial score (nSPS) is 17.8. The number of imidazole rings is 1. The number of nitrogens with zero attached hydrogens (tertiary/aromatic N) is 2. The Morgan fingerprint density at radius 1 is 1.13 bits per heavy atom. The molecule has 2 unspecified atom stereocenters. The third kappa shape index (κ3) is 3.72. The van der Waals surface area contributed by atoms with E-state index in [0.29, 0.717) is 24.4 Å². The van der Waals surface area contributed by atoms with Gasteiger partial charge in [-0.1, -0.05) is 37.3 Å². The lowest BCUT2D eigenvalue weighted by Gasteiger charge is -2.13. The standard InChI is InChI=1S/C25H23N3O3/c1-16-11-12-31-23(16)14-21-25(30)28-15-22(18-7-9-19(29)10-8-18)26-20(24(28)27-21)13-17-5-3-2-4-6-17/h2-12,15-16,23,26,29H,13-14H2,1H3. The quantitative estimate of drug-likeness (QED) is 0.517. The predicted molar refractivity (Wildman–Crippen MR) is 119 cm³/mol. The van der Waals surface area contributed by atoms with E-state index in [9.17, 15) is 9.90 Å². The second-order valence-corrected chi connectivity index (χ2v) is 7.98. The van der Waals surface area contributed by atoms with Crippen molar-refractivity contribution in [3.8, 4) is 22.8 Å². The number of nitrogens with one attached hydrogen (secondary N) is 1. The van der Waals surface area contributed by atoms with Crippen LogP contribution in [0, 0.1) is 5.92 Å². The summed E-state index contributed by atoms with van der Waals surface area (Å²) in [5, 5.41) is 9.64. The molecular formula is C25H23N3O3. The van der Waals surface area contributed by atoms with E-state index >= 15 is 0 Å². The first-order chi connectivity index (χ1) is 15.1. The van der Waals surface area contributed by atoms with Crippen molar-refractivity contribution < 1.29 is 9.84 Å². The van der Waals surface area contributed by atoms with Crippen molar-refractivity contribution in [1.82, 2.24) is 14.5 Å². The summed E-state index contributed by atoms with van der Waals surface area (Å²) in [5.41, 5.74) is 4.02. The summed E-state index contributed by atoms with van der Waals surface area (Å²) >= 11 is 0. The van der Waals surface area contributed by atoms with Crippen LogP contribution < -0.4 is 5.56 Å². The molecule has 2 aromatic rings. The van der Waals surface area contributed by atoms with Gasteiger partial charge in [0.1, 0.15) is 17.5 Å². The Bertz CT molecular complexity index is 1260. The van der Waals surface area contributed by atoms with Gasteiger partial charge in [0.15, 0.2) is 5.82 Å². The second kappa shape index (κ2) is 7.80. The molecule has 6 heteroatoms. The monoisotopic (exact) mass is 413 g/mol. The average Bonchev–Trinajstić information content (AvgIpc) is 3.33. The van der Waals surface area contributed by atoms with Crippen molar-refractivity contribution in [2.24, 2.45) is 5.92 Å². The van der Waals surface area contributed by atoms with Gasteiger partial charge in [0, 0.05) is 25.0 Å². The molecule has 3 aliphatic heterocycles. The SMILES string of the molecule is CC1C=COC1Cc1nc2c(Cc3ccccc3)[nH]c(-c3ccc(O)cc3)cn-2c1=O. The Morgan fingerprint density at radius 3 is 2.61 bits per heavy atom. The van der Waals surface area contributed by atoms with Crippen LogP contribution in [0.15, 0.2) is 77.9 Å². The summed E-state index contributed by atoms with van der Waals surface area (Å²) < 4.78 is 7.27. The van der Waals surface area contributed by atoms with E-state index in [0.717, 1.165) is 22.5 Å². The van der Waals surface area contributed by atoms with Crippen LogP contribution in [0.5, 0.6) is 5.75 Å². The van der Waals surface area contributed by atoms with Crippen molar-refractivity contribution in [1.29, 1.82) is 0 Å². The maximum Gasteiger partial charge on any atom is 0.278 e. The highest BCUT2D eigenvalue weighted by molar-refractivity contribution is 5.61. The highest BCUT2D eigenvalue weighted by atomic mass is 16.5. The molecule has 5 rings (SSSR count). The number of hydrogen-bond donors (Lipinski definition) is 2. The number of fused-ring (bicyclic) bond motifs is 1. The van der Waals surface area contributed by atoms with Crippen molar-refractivity contribution in [3.05, 3.63) is 100 Å². The summed E-state index contributed by atoms with van der Waals surface area (Å²) in [5.74, 6) is 1.07. The zero-order valence-electron chi connectivity index (χ0n) is 17.2. The first kappa shape index (κ1) is 19.2. The van der Waals surface area contributed by atoms with E-state index in [-0.39, 0.29) is 23.3 Å². The second-order valence-electron chi connectivity index (χ2n) is 7.98. The minimum absolute atomic E-state index is 0.0734. The zero-order chi connectivity index (χ0) is 21.4. The van der Waals surface area contributed by atoms with Gasteiger partial charge in [-0.3, -0.25) is 9.36 Å². The molecule has 2 N–H and O–H groups in total. The lowest BCUT2D eigenvalue weighted by Crippen LogP contribution is -2.23. The van der Waals surface area contributed by atoms with E-state index < -0.39 is 0 Å². The number of aromatic hydroxyl groups is 1. The Kier molecular flexibility index (Phi) is 4.82. The van der Waals surface area contributed by atoms with Crippen LogP contribution in [0.1, 0.15) is 23.9 Å². The Morgan fingerprint density at radius 2 is 1.90 bits per heavy atom. The maximum absolute atomic E-state index is 13.2. The molecule has 0 bridgehead atoms. The predicted octanol–water partition coefficient (Wildman–Crippen LogP) is 4.05. The molecule has 0 radical (unpaired) electrons. The van der Waals surface area contributed by atoms with E-state index in [1.807, 2.05) is 36.4 Å². The molecule has 0 amide bonds. The van der Waals surface area contributed by atoms with Crippen molar-refractivity contribution >= 4 is 0 Å². The van der Waals surface area contributed by atoms with Gasteiger partial charge in [0.2, 0.25) is 0 Å².